The number of benzene rings is 1. The van der Waals surface area contributed by atoms with E-state index in [1.54, 1.807) is 0 Å². The maximum atomic E-state index is 3.54. The molecule has 0 radical (unpaired) electrons. The summed E-state index contributed by atoms with van der Waals surface area (Å²) < 4.78 is 0. The monoisotopic (exact) mass is 232 g/mol. The van der Waals surface area contributed by atoms with E-state index in [1.165, 1.54) is 11.3 Å². The van der Waals surface area contributed by atoms with Gasteiger partial charge in [-0.05, 0) is 52.3 Å². The minimum Gasteiger partial charge on any atom is -0.359 e. The van der Waals surface area contributed by atoms with Crippen LogP contribution in [0.25, 0.3) is 0 Å². The first-order valence-corrected chi connectivity index (χ1v) is 6.41. The van der Waals surface area contributed by atoms with Crippen molar-refractivity contribution in [2.45, 2.75) is 45.7 Å². The normalized spacial score (nSPS) is 22.5. The molecule has 1 saturated heterocycles. The van der Waals surface area contributed by atoms with Crippen molar-refractivity contribution in [1.82, 2.24) is 5.32 Å². The topological polar surface area (TPSA) is 15.3 Å². The maximum Gasteiger partial charge on any atom is 0.0476 e. The minimum atomic E-state index is 0.148. The number of piperazine rings is 1. The smallest absolute Gasteiger partial charge is 0.0476 e. The van der Waals surface area contributed by atoms with Crippen molar-refractivity contribution in [2.75, 3.05) is 18.0 Å². The van der Waals surface area contributed by atoms with Crippen LogP contribution >= 0.6 is 0 Å². The molecule has 0 amide bonds. The highest BCUT2D eigenvalue weighted by atomic mass is 15.3. The van der Waals surface area contributed by atoms with Crippen LogP contribution in [0.3, 0.4) is 0 Å². The second-order valence-corrected chi connectivity index (χ2v) is 6.40. The molecule has 1 aliphatic rings. The first-order valence-electron chi connectivity index (χ1n) is 6.41. The van der Waals surface area contributed by atoms with E-state index in [-0.39, 0.29) is 11.1 Å². The standard InChI is InChI=1S/C15H24N2/c1-12-7-6-8-13(9-12)17-14(2,3)10-16-11-15(17,4)5/h6-9,16H,10-11H2,1-5H3. The zero-order valence-electron chi connectivity index (χ0n) is 11.7. The summed E-state index contributed by atoms with van der Waals surface area (Å²) in [6.45, 7) is 13.5. The Balaban J connectivity index is 2.45. The van der Waals surface area contributed by atoms with Gasteiger partial charge in [0, 0.05) is 29.9 Å². The molecule has 2 nitrogen and oxygen atoms in total. The lowest BCUT2D eigenvalue weighted by Gasteiger charge is -2.54. The summed E-state index contributed by atoms with van der Waals surface area (Å²) in [6.07, 6.45) is 0. The Kier molecular flexibility index (Phi) is 2.94. The summed E-state index contributed by atoms with van der Waals surface area (Å²) in [7, 11) is 0. The largest absolute Gasteiger partial charge is 0.359 e. The number of rotatable bonds is 1. The zero-order chi connectivity index (χ0) is 12.7. The fraction of sp³-hybridized carbons (Fsp3) is 0.600. The fourth-order valence-corrected chi connectivity index (χ4v) is 3.12. The van der Waals surface area contributed by atoms with Crippen molar-refractivity contribution >= 4 is 5.69 Å². The Hall–Kier alpha value is -1.02. The van der Waals surface area contributed by atoms with E-state index in [0.717, 1.165) is 13.1 Å². The van der Waals surface area contributed by atoms with Gasteiger partial charge in [-0.3, -0.25) is 0 Å². The molecule has 1 aliphatic heterocycles. The van der Waals surface area contributed by atoms with Crippen LogP contribution in [0.5, 0.6) is 0 Å². The zero-order valence-corrected chi connectivity index (χ0v) is 11.7. The van der Waals surface area contributed by atoms with E-state index >= 15 is 0 Å². The van der Waals surface area contributed by atoms with E-state index in [1.807, 2.05) is 0 Å². The molecule has 0 spiro atoms. The van der Waals surface area contributed by atoms with E-state index in [2.05, 4.69) is 69.1 Å². The van der Waals surface area contributed by atoms with Crippen molar-refractivity contribution in [3.63, 3.8) is 0 Å². The van der Waals surface area contributed by atoms with Crippen molar-refractivity contribution < 1.29 is 0 Å². The van der Waals surface area contributed by atoms with Gasteiger partial charge >= 0.3 is 0 Å². The molecule has 0 atom stereocenters. The van der Waals surface area contributed by atoms with Crippen molar-refractivity contribution in [1.29, 1.82) is 0 Å². The molecule has 1 aromatic rings. The average Bonchev–Trinajstić information content (AvgIpc) is 2.14. The first-order chi connectivity index (χ1) is 7.83. The van der Waals surface area contributed by atoms with Gasteiger partial charge in [-0.1, -0.05) is 12.1 Å². The van der Waals surface area contributed by atoms with Crippen LogP contribution < -0.4 is 10.2 Å². The number of hydrogen-bond acceptors (Lipinski definition) is 2. The van der Waals surface area contributed by atoms with Gasteiger partial charge in [-0.2, -0.15) is 0 Å². The lowest BCUT2D eigenvalue weighted by atomic mass is 9.88. The highest BCUT2D eigenvalue weighted by Crippen LogP contribution is 2.34. The molecule has 1 N–H and O–H groups in total. The molecule has 1 fully saturated rings. The lowest BCUT2D eigenvalue weighted by molar-refractivity contribution is 0.263. The highest BCUT2D eigenvalue weighted by molar-refractivity contribution is 5.54. The molecule has 0 saturated carbocycles. The van der Waals surface area contributed by atoms with E-state index in [0.29, 0.717) is 0 Å². The number of nitrogens with zero attached hydrogens (tertiary/aromatic N) is 1. The second-order valence-electron chi connectivity index (χ2n) is 6.40. The van der Waals surface area contributed by atoms with Gasteiger partial charge < -0.3 is 10.2 Å². The molecular weight excluding hydrogens is 208 g/mol. The number of aryl methyl sites for hydroxylation is 1. The molecule has 1 heterocycles. The van der Waals surface area contributed by atoms with Gasteiger partial charge in [0.05, 0.1) is 0 Å². The summed E-state index contributed by atoms with van der Waals surface area (Å²) in [6, 6.07) is 8.82. The van der Waals surface area contributed by atoms with E-state index in [4.69, 9.17) is 0 Å². The quantitative estimate of drug-likeness (QED) is 0.801. The van der Waals surface area contributed by atoms with Crippen molar-refractivity contribution in [2.24, 2.45) is 0 Å². The average molecular weight is 232 g/mol. The van der Waals surface area contributed by atoms with Crippen LogP contribution in [0.1, 0.15) is 33.3 Å². The molecule has 1 aromatic carbocycles. The van der Waals surface area contributed by atoms with Gasteiger partial charge in [0.15, 0.2) is 0 Å². The van der Waals surface area contributed by atoms with Crippen LogP contribution in [0.15, 0.2) is 24.3 Å². The Bertz CT molecular complexity index is 391. The van der Waals surface area contributed by atoms with Gasteiger partial charge in [0.1, 0.15) is 0 Å². The van der Waals surface area contributed by atoms with Crippen LogP contribution in [0.2, 0.25) is 0 Å². The summed E-state index contributed by atoms with van der Waals surface area (Å²) in [5.41, 5.74) is 2.96. The Morgan fingerprint density at radius 2 is 1.65 bits per heavy atom. The summed E-state index contributed by atoms with van der Waals surface area (Å²) in [5, 5.41) is 3.54. The summed E-state index contributed by atoms with van der Waals surface area (Å²) in [4.78, 5) is 2.56. The number of anilines is 1. The van der Waals surface area contributed by atoms with Gasteiger partial charge in [-0.15, -0.1) is 0 Å². The number of nitrogens with one attached hydrogen (secondary N) is 1. The first kappa shape index (κ1) is 12.4. The predicted molar refractivity (Wildman–Crippen MR) is 74.7 cm³/mol. The SMILES string of the molecule is Cc1cccc(N2C(C)(C)CNCC2(C)C)c1. The van der Waals surface area contributed by atoms with E-state index < -0.39 is 0 Å². The third-order valence-electron chi connectivity index (χ3n) is 3.59. The van der Waals surface area contributed by atoms with Crippen molar-refractivity contribution in [3.8, 4) is 0 Å². The van der Waals surface area contributed by atoms with Gasteiger partial charge in [-0.25, -0.2) is 0 Å². The van der Waals surface area contributed by atoms with Crippen LogP contribution in [-0.2, 0) is 0 Å². The Labute approximate surface area is 105 Å². The molecule has 0 aliphatic carbocycles. The molecule has 0 bridgehead atoms. The van der Waals surface area contributed by atoms with Crippen molar-refractivity contribution in [3.05, 3.63) is 29.8 Å². The molecule has 2 rings (SSSR count). The second kappa shape index (κ2) is 4.02. The minimum absolute atomic E-state index is 0.148. The maximum absolute atomic E-state index is 3.54. The van der Waals surface area contributed by atoms with E-state index in [9.17, 15) is 0 Å². The number of hydrogen-bond donors (Lipinski definition) is 1. The molecule has 0 aromatic heterocycles. The van der Waals surface area contributed by atoms with Crippen LogP contribution in [0, 0.1) is 6.92 Å². The van der Waals surface area contributed by atoms with Crippen LogP contribution in [0.4, 0.5) is 5.69 Å². The van der Waals surface area contributed by atoms with Gasteiger partial charge in [0.25, 0.3) is 0 Å². The molecule has 2 heteroatoms. The molecule has 94 valence electrons. The summed E-state index contributed by atoms with van der Waals surface area (Å²) in [5.74, 6) is 0. The predicted octanol–water partition coefficient (Wildman–Crippen LogP) is 2.96. The molecule has 0 unspecified atom stereocenters. The molecular formula is C15H24N2. The highest BCUT2D eigenvalue weighted by Gasteiger charge is 2.41. The summed E-state index contributed by atoms with van der Waals surface area (Å²) >= 11 is 0. The third kappa shape index (κ3) is 2.32. The Morgan fingerprint density at radius 3 is 2.18 bits per heavy atom. The van der Waals surface area contributed by atoms with Crippen LogP contribution in [-0.4, -0.2) is 24.2 Å². The Morgan fingerprint density at radius 1 is 1.06 bits per heavy atom. The molecule has 17 heavy (non-hydrogen) atoms. The lowest BCUT2D eigenvalue weighted by Crippen LogP contribution is -2.68. The van der Waals surface area contributed by atoms with Gasteiger partial charge in [0.2, 0.25) is 0 Å². The fourth-order valence-electron chi connectivity index (χ4n) is 3.12. The third-order valence-corrected chi connectivity index (χ3v) is 3.59.